The third-order valence-corrected chi connectivity index (χ3v) is 9.71. The lowest BCUT2D eigenvalue weighted by atomic mass is 10.0. The van der Waals surface area contributed by atoms with Crippen molar-refractivity contribution in [3.8, 4) is 0 Å². The molecule has 0 amide bonds. The number of carboxylic acid groups (broad SMARTS) is 1. The Bertz CT molecular complexity index is 960. The first kappa shape index (κ1) is 52.8. The van der Waals surface area contributed by atoms with E-state index in [4.69, 9.17) is 18.9 Å². The molecule has 1 N–H and O–H groups in total. The molecule has 2 unspecified atom stereocenters. The Labute approximate surface area is 337 Å². The molecule has 0 aliphatic rings. The first-order chi connectivity index (χ1) is 26.6. The van der Waals surface area contributed by atoms with Crippen LogP contribution in [-0.4, -0.2) is 87.4 Å². The van der Waals surface area contributed by atoms with Gasteiger partial charge in [-0.1, -0.05) is 160 Å². The molecule has 322 valence electrons. The molecule has 0 rings (SSSR count). The number of carboxylic acids is 1. The fourth-order valence-electron chi connectivity index (χ4n) is 6.16. The average Bonchev–Trinajstić information content (AvgIpc) is 3.14. The van der Waals surface area contributed by atoms with E-state index in [0.717, 1.165) is 57.8 Å². The highest BCUT2D eigenvalue weighted by molar-refractivity contribution is 5.71. The van der Waals surface area contributed by atoms with Gasteiger partial charge < -0.3 is 28.5 Å². The van der Waals surface area contributed by atoms with Crippen molar-refractivity contribution in [3.05, 3.63) is 24.3 Å². The van der Waals surface area contributed by atoms with Crippen molar-refractivity contribution in [1.29, 1.82) is 0 Å². The zero-order chi connectivity index (χ0) is 40.7. The topological polar surface area (TPSA) is 108 Å². The predicted octanol–water partition coefficient (Wildman–Crippen LogP) is 11.7. The van der Waals surface area contributed by atoms with Gasteiger partial charge in [-0.2, -0.15) is 0 Å². The van der Waals surface area contributed by atoms with Gasteiger partial charge in [0.15, 0.2) is 6.10 Å². The van der Waals surface area contributed by atoms with Crippen LogP contribution in [0.15, 0.2) is 24.3 Å². The number of ether oxygens (including phenoxy) is 4. The van der Waals surface area contributed by atoms with Crippen LogP contribution in [0.25, 0.3) is 0 Å². The number of hydrogen-bond donors (Lipinski definition) is 1. The third-order valence-electron chi connectivity index (χ3n) is 9.71. The summed E-state index contributed by atoms with van der Waals surface area (Å²) in [6, 6.07) is 0. The summed E-state index contributed by atoms with van der Waals surface area (Å²) >= 11 is 0. The molecule has 0 radical (unpaired) electrons. The maximum Gasteiger partial charge on any atom is 0.361 e. The van der Waals surface area contributed by atoms with Crippen molar-refractivity contribution in [1.82, 2.24) is 0 Å². The van der Waals surface area contributed by atoms with Crippen LogP contribution >= 0.6 is 0 Å². The van der Waals surface area contributed by atoms with E-state index >= 15 is 0 Å². The van der Waals surface area contributed by atoms with Crippen LogP contribution in [-0.2, 0) is 33.3 Å². The quantitative estimate of drug-likeness (QED) is 0.0215. The molecule has 0 saturated heterocycles. The number of carbonyl (C=O) groups is 3. The Kier molecular flexibility index (Phi) is 37.1. The molecule has 55 heavy (non-hydrogen) atoms. The highest BCUT2D eigenvalue weighted by Gasteiger charge is 2.25. The number of rotatable bonds is 41. The monoisotopic (exact) mass is 781 g/mol. The van der Waals surface area contributed by atoms with Gasteiger partial charge in [0.25, 0.3) is 6.29 Å². The van der Waals surface area contributed by atoms with Crippen LogP contribution in [0.1, 0.15) is 194 Å². The lowest BCUT2D eigenvalue weighted by Gasteiger charge is -2.25. The minimum atomic E-state index is -1.51. The Morgan fingerprint density at radius 1 is 0.545 bits per heavy atom. The summed E-state index contributed by atoms with van der Waals surface area (Å²) in [4.78, 5) is 37.1. The number of allylic oxidation sites excluding steroid dienone is 4. The van der Waals surface area contributed by atoms with Crippen LogP contribution in [0.2, 0.25) is 0 Å². The van der Waals surface area contributed by atoms with Crippen LogP contribution in [0.5, 0.6) is 0 Å². The van der Waals surface area contributed by atoms with Crippen LogP contribution in [0, 0.1) is 0 Å². The summed E-state index contributed by atoms with van der Waals surface area (Å²) in [5, 5.41) is 9.63. The molecule has 0 aliphatic heterocycles. The van der Waals surface area contributed by atoms with Gasteiger partial charge in [0.1, 0.15) is 13.2 Å². The maximum absolute atomic E-state index is 12.7. The van der Waals surface area contributed by atoms with E-state index in [1.807, 2.05) is 21.1 Å². The number of unbranched alkanes of at least 4 members (excludes halogenated alkanes) is 22. The van der Waals surface area contributed by atoms with Gasteiger partial charge in [0.05, 0.1) is 34.4 Å². The first-order valence-corrected chi connectivity index (χ1v) is 22.5. The molecule has 0 aromatic heterocycles. The zero-order valence-electron chi connectivity index (χ0n) is 36.3. The number of hydrogen-bond acceptors (Lipinski definition) is 7. The second-order valence-electron chi connectivity index (χ2n) is 16.4. The van der Waals surface area contributed by atoms with Gasteiger partial charge in [-0.15, -0.1) is 0 Å². The molecule has 0 fully saturated rings. The van der Waals surface area contributed by atoms with Gasteiger partial charge in [0.2, 0.25) is 0 Å². The molecule has 0 spiro atoms. The van der Waals surface area contributed by atoms with Gasteiger partial charge >= 0.3 is 17.9 Å². The smallest absolute Gasteiger partial charge is 0.361 e. The molecule has 9 nitrogen and oxygen atoms in total. The van der Waals surface area contributed by atoms with Crippen LogP contribution < -0.4 is 0 Å². The summed E-state index contributed by atoms with van der Waals surface area (Å²) in [6.45, 7) is 4.84. The molecule has 0 bridgehead atoms. The van der Waals surface area contributed by atoms with Crippen molar-refractivity contribution in [2.75, 3.05) is 47.5 Å². The Hall–Kier alpha value is -2.23. The molecule has 2 atom stereocenters. The van der Waals surface area contributed by atoms with E-state index in [9.17, 15) is 19.5 Å². The number of esters is 2. The molecule has 0 saturated carbocycles. The number of nitrogens with zero attached hydrogens (tertiary/aromatic N) is 1. The Morgan fingerprint density at radius 3 is 1.47 bits per heavy atom. The van der Waals surface area contributed by atoms with Gasteiger partial charge in [0, 0.05) is 12.8 Å². The highest BCUT2D eigenvalue weighted by atomic mass is 16.7. The van der Waals surface area contributed by atoms with Gasteiger partial charge in [-0.3, -0.25) is 9.59 Å². The summed E-state index contributed by atoms with van der Waals surface area (Å²) < 4.78 is 22.7. The Balaban J connectivity index is 4.45. The van der Waals surface area contributed by atoms with Crippen molar-refractivity contribution in [2.45, 2.75) is 206 Å². The molecule has 0 aromatic rings. The highest BCUT2D eigenvalue weighted by Crippen LogP contribution is 2.15. The molecule has 9 heteroatoms. The minimum absolute atomic E-state index is 0.184. The fraction of sp³-hybridized carbons (Fsp3) is 0.848. The van der Waals surface area contributed by atoms with E-state index in [2.05, 4.69) is 38.2 Å². The van der Waals surface area contributed by atoms with E-state index in [0.29, 0.717) is 23.9 Å². The summed E-state index contributed by atoms with van der Waals surface area (Å²) in [6.07, 6.45) is 38.0. The van der Waals surface area contributed by atoms with E-state index in [1.165, 1.54) is 103 Å². The summed E-state index contributed by atoms with van der Waals surface area (Å²) in [7, 11) is 5.95. The van der Waals surface area contributed by atoms with Crippen LogP contribution in [0.4, 0.5) is 0 Å². The third kappa shape index (κ3) is 39.8. The van der Waals surface area contributed by atoms with E-state index in [-0.39, 0.29) is 32.2 Å². The number of aliphatic carboxylic acids is 1. The van der Waals surface area contributed by atoms with E-state index in [1.54, 1.807) is 0 Å². The van der Waals surface area contributed by atoms with Gasteiger partial charge in [-0.05, 0) is 44.9 Å². The molecular formula is C46H86NO8+. The largest absolute Gasteiger partial charge is 0.477 e. The molecular weight excluding hydrogens is 695 g/mol. The van der Waals surface area contributed by atoms with E-state index < -0.39 is 24.3 Å². The minimum Gasteiger partial charge on any atom is -0.477 e. The van der Waals surface area contributed by atoms with Crippen LogP contribution in [0.3, 0.4) is 0 Å². The molecule has 0 aromatic carbocycles. The Morgan fingerprint density at radius 2 is 0.982 bits per heavy atom. The fourth-order valence-corrected chi connectivity index (χ4v) is 6.16. The molecule has 0 aliphatic carbocycles. The number of likely N-dealkylation sites (N-methyl/N-ethyl adjacent to an activating group) is 1. The van der Waals surface area contributed by atoms with Crippen molar-refractivity contribution in [3.63, 3.8) is 0 Å². The second-order valence-corrected chi connectivity index (χ2v) is 16.4. The number of carbonyl (C=O) groups excluding carboxylic acids is 2. The normalized spacial score (nSPS) is 13.1. The SMILES string of the molecule is CCCCC/C=C\C/C=C\CCCCCCCC(=O)OC(COC(=O)CCCCCCCCCCCCCCCCC)COC(OCC[N+](C)(C)C)C(=O)O. The summed E-state index contributed by atoms with van der Waals surface area (Å²) in [5.74, 6) is -2.02. The first-order valence-electron chi connectivity index (χ1n) is 22.5. The van der Waals surface area contributed by atoms with Crippen molar-refractivity contribution < 1.29 is 42.9 Å². The lowest BCUT2D eigenvalue weighted by molar-refractivity contribution is -0.870. The predicted molar refractivity (Wildman–Crippen MR) is 226 cm³/mol. The number of quaternary nitrogens is 1. The van der Waals surface area contributed by atoms with Crippen molar-refractivity contribution >= 4 is 17.9 Å². The average molecular weight is 781 g/mol. The lowest BCUT2D eigenvalue weighted by Crippen LogP contribution is -2.40. The van der Waals surface area contributed by atoms with Crippen molar-refractivity contribution in [2.24, 2.45) is 0 Å². The maximum atomic E-state index is 12.7. The van der Waals surface area contributed by atoms with Gasteiger partial charge in [-0.25, -0.2) is 4.79 Å². The second kappa shape index (κ2) is 38.6. The standard InChI is InChI=1S/C46H85NO8/c1-6-8-10-12-14-16-18-20-22-24-26-28-30-32-34-36-43(48)53-40-42(41-54-46(45(50)51)52-39-38-47(3,4)5)55-44(49)37-35-33-31-29-27-25-23-21-19-17-15-13-11-9-7-2/h15,17,21,23,42,46H,6-14,16,18-20,22,24-41H2,1-5H3/p+1/b17-15-,23-21-. The summed E-state index contributed by atoms with van der Waals surface area (Å²) in [5.41, 5.74) is 0. The molecule has 0 heterocycles. The zero-order valence-corrected chi connectivity index (χ0v) is 36.3.